The first-order valence-electron chi connectivity index (χ1n) is 5.76. The van der Waals surface area contributed by atoms with Crippen LogP contribution in [0.15, 0.2) is 6.08 Å². The van der Waals surface area contributed by atoms with Crippen molar-refractivity contribution < 1.29 is 31.5 Å². The summed E-state index contributed by atoms with van der Waals surface area (Å²) in [5.41, 5.74) is -1.19. The van der Waals surface area contributed by atoms with Gasteiger partial charge in [0.05, 0.1) is 12.2 Å². The molecule has 110 valence electrons. The van der Waals surface area contributed by atoms with E-state index in [4.69, 9.17) is 0 Å². The summed E-state index contributed by atoms with van der Waals surface area (Å²) in [5, 5.41) is 0. The average molecular weight is 294 g/mol. The van der Waals surface area contributed by atoms with Crippen molar-refractivity contribution >= 4 is 12.0 Å². The second-order valence-electron chi connectivity index (χ2n) is 3.84. The van der Waals surface area contributed by atoms with Crippen molar-refractivity contribution in [3.8, 4) is 0 Å². The van der Waals surface area contributed by atoms with E-state index in [1.165, 1.54) is 0 Å². The number of ether oxygens (including phenoxy) is 1. The molecule has 2 nitrogen and oxygen atoms in total. The first-order chi connectivity index (χ1) is 9.40. The third-order valence-corrected chi connectivity index (χ3v) is 2.37. The molecule has 0 N–H and O–H groups in total. The van der Waals surface area contributed by atoms with Gasteiger partial charge in [-0.2, -0.15) is 0 Å². The van der Waals surface area contributed by atoms with Crippen LogP contribution in [-0.4, -0.2) is 12.6 Å². The smallest absolute Gasteiger partial charge is 0.330 e. The highest BCUT2D eigenvalue weighted by Crippen LogP contribution is 2.23. The van der Waals surface area contributed by atoms with Crippen LogP contribution in [0.1, 0.15) is 25.3 Å². The number of hydrogen-bond donors (Lipinski definition) is 0. The van der Waals surface area contributed by atoms with Crippen molar-refractivity contribution in [1.82, 2.24) is 0 Å². The zero-order valence-electron chi connectivity index (χ0n) is 10.5. The Labute approximate surface area is 111 Å². The molecule has 0 radical (unpaired) electrons. The van der Waals surface area contributed by atoms with Crippen molar-refractivity contribution in [2.75, 3.05) is 6.61 Å². The maximum Gasteiger partial charge on any atom is 0.330 e. The standard InChI is InChI=1S/C13H11F5O2/c1-2-3-6-20-8(19)5-4-7-9(14)11(16)13(18)12(17)10(7)15/h4-5H,2-3,6H2,1H3/b5-4+. The summed E-state index contributed by atoms with van der Waals surface area (Å²) in [4.78, 5) is 11.1. The van der Waals surface area contributed by atoms with Crippen molar-refractivity contribution in [1.29, 1.82) is 0 Å². The van der Waals surface area contributed by atoms with Gasteiger partial charge >= 0.3 is 5.97 Å². The Morgan fingerprint density at radius 1 is 1.00 bits per heavy atom. The fourth-order valence-corrected chi connectivity index (χ4v) is 1.28. The van der Waals surface area contributed by atoms with E-state index < -0.39 is 40.6 Å². The van der Waals surface area contributed by atoms with Crippen molar-refractivity contribution in [3.05, 3.63) is 40.7 Å². The molecule has 0 fully saturated rings. The van der Waals surface area contributed by atoms with Crippen molar-refractivity contribution in [2.24, 2.45) is 0 Å². The van der Waals surface area contributed by atoms with E-state index in [-0.39, 0.29) is 6.61 Å². The number of unbranched alkanes of at least 4 members (excludes halogenated alkanes) is 1. The molecule has 20 heavy (non-hydrogen) atoms. The van der Waals surface area contributed by atoms with Gasteiger partial charge in [0, 0.05) is 6.08 Å². The summed E-state index contributed by atoms with van der Waals surface area (Å²) >= 11 is 0. The molecule has 0 heterocycles. The second kappa shape index (κ2) is 7.02. The Morgan fingerprint density at radius 2 is 1.50 bits per heavy atom. The molecular weight excluding hydrogens is 283 g/mol. The molecule has 1 aromatic carbocycles. The van der Waals surface area contributed by atoms with Crippen LogP contribution in [0.5, 0.6) is 0 Å². The normalized spacial score (nSPS) is 11.1. The Bertz CT molecular complexity index is 511. The maximum absolute atomic E-state index is 13.2. The Balaban J connectivity index is 2.96. The van der Waals surface area contributed by atoms with Crippen LogP contribution in [0.3, 0.4) is 0 Å². The van der Waals surface area contributed by atoms with Gasteiger partial charge < -0.3 is 4.74 Å². The average Bonchev–Trinajstić information content (AvgIpc) is 2.43. The fourth-order valence-electron chi connectivity index (χ4n) is 1.28. The van der Waals surface area contributed by atoms with Crippen LogP contribution < -0.4 is 0 Å². The highest BCUT2D eigenvalue weighted by Gasteiger charge is 2.24. The molecule has 7 heteroatoms. The van der Waals surface area contributed by atoms with Gasteiger partial charge in [-0.1, -0.05) is 13.3 Å². The number of esters is 1. The second-order valence-corrected chi connectivity index (χ2v) is 3.84. The Morgan fingerprint density at radius 3 is 2.00 bits per heavy atom. The predicted octanol–water partition coefficient (Wildman–Crippen LogP) is 3.74. The number of carbonyl (C=O) groups excluding carboxylic acids is 1. The molecule has 0 saturated heterocycles. The van der Waals surface area contributed by atoms with Crippen LogP contribution in [0.4, 0.5) is 22.0 Å². The van der Waals surface area contributed by atoms with Gasteiger partial charge in [-0.15, -0.1) is 0 Å². The van der Waals surface area contributed by atoms with Crippen LogP contribution in [0, 0.1) is 29.1 Å². The van der Waals surface area contributed by atoms with Crippen molar-refractivity contribution in [3.63, 3.8) is 0 Å². The van der Waals surface area contributed by atoms with Crippen LogP contribution in [0.25, 0.3) is 6.08 Å². The molecule has 0 aliphatic carbocycles. The van der Waals surface area contributed by atoms with E-state index >= 15 is 0 Å². The summed E-state index contributed by atoms with van der Waals surface area (Å²) in [6, 6.07) is 0. The van der Waals surface area contributed by atoms with E-state index in [1.54, 1.807) is 0 Å². The molecule has 0 aromatic heterocycles. The van der Waals surface area contributed by atoms with E-state index in [1.807, 2.05) is 6.92 Å². The quantitative estimate of drug-likeness (QED) is 0.206. The molecule has 0 atom stereocenters. The lowest BCUT2D eigenvalue weighted by Crippen LogP contribution is -2.05. The largest absolute Gasteiger partial charge is 0.463 e. The number of benzene rings is 1. The van der Waals surface area contributed by atoms with Gasteiger partial charge in [-0.3, -0.25) is 0 Å². The lowest BCUT2D eigenvalue weighted by molar-refractivity contribution is -0.137. The molecule has 0 aliphatic rings. The lowest BCUT2D eigenvalue weighted by Gasteiger charge is -2.04. The summed E-state index contributed by atoms with van der Waals surface area (Å²) in [5.74, 6) is -11.3. The van der Waals surface area contributed by atoms with Gasteiger partial charge in [0.2, 0.25) is 5.82 Å². The zero-order valence-corrected chi connectivity index (χ0v) is 10.5. The van der Waals surface area contributed by atoms with Crippen molar-refractivity contribution in [2.45, 2.75) is 19.8 Å². The van der Waals surface area contributed by atoms with E-state index in [0.29, 0.717) is 18.6 Å². The van der Waals surface area contributed by atoms with Crippen LogP contribution in [-0.2, 0) is 9.53 Å². The third kappa shape index (κ3) is 3.55. The number of rotatable bonds is 5. The van der Waals surface area contributed by atoms with E-state index in [2.05, 4.69) is 4.74 Å². The summed E-state index contributed by atoms with van der Waals surface area (Å²) < 4.78 is 69.6. The minimum Gasteiger partial charge on any atom is -0.463 e. The Hall–Kier alpha value is -1.92. The van der Waals surface area contributed by atoms with E-state index in [9.17, 15) is 26.7 Å². The molecule has 1 rings (SSSR count). The maximum atomic E-state index is 13.2. The summed E-state index contributed by atoms with van der Waals surface area (Å²) in [7, 11) is 0. The number of hydrogen-bond acceptors (Lipinski definition) is 2. The molecule has 0 saturated carbocycles. The molecule has 0 aliphatic heterocycles. The van der Waals surface area contributed by atoms with Gasteiger partial charge in [0.25, 0.3) is 0 Å². The number of halogens is 5. The van der Waals surface area contributed by atoms with E-state index in [0.717, 1.165) is 6.42 Å². The first kappa shape index (κ1) is 16.1. The van der Waals surface area contributed by atoms with Gasteiger partial charge in [0.15, 0.2) is 23.3 Å². The summed E-state index contributed by atoms with van der Waals surface area (Å²) in [6.45, 7) is 1.97. The predicted molar refractivity (Wildman–Crippen MR) is 61.1 cm³/mol. The van der Waals surface area contributed by atoms with Gasteiger partial charge in [-0.05, 0) is 12.5 Å². The monoisotopic (exact) mass is 294 g/mol. The zero-order chi connectivity index (χ0) is 15.3. The van der Waals surface area contributed by atoms with Gasteiger partial charge in [0.1, 0.15) is 0 Å². The fraction of sp³-hybridized carbons (Fsp3) is 0.308. The minimum absolute atomic E-state index is 0.108. The summed E-state index contributed by atoms with van der Waals surface area (Å²) in [6.07, 6.45) is 2.47. The molecule has 0 amide bonds. The number of carbonyl (C=O) groups is 1. The first-order valence-corrected chi connectivity index (χ1v) is 5.76. The topological polar surface area (TPSA) is 26.3 Å². The third-order valence-electron chi connectivity index (χ3n) is 2.37. The molecular formula is C13H11F5O2. The Kier molecular flexibility index (Phi) is 5.66. The lowest BCUT2D eigenvalue weighted by atomic mass is 10.1. The van der Waals surface area contributed by atoms with Crippen LogP contribution >= 0.6 is 0 Å². The molecule has 0 unspecified atom stereocenters. The molecule has 0 spiro atoms. The molecule has 0 bridgehead atoms. The molecule has 1 aromatic rings. The highest BCUT2D eigenvalue weighted by molar-refractivity contribution is 5.87. The minimum atomic E-state index is -2.25. The van der Waals surface area contributed by atoms with Crippen LogP contribution in [0.2, 0.25) is 0 Å². The van der Waals surface area contributed by atoms with Gasteiger partial charge in [-0.25, -0.2) is 26.7 Å². The highest BCUT2D eigenvalue weighted by atomic mass is 19.2. The SMILES string of the molecule is CCCCOC(=O)/C=C/c1c(F)c(F)c(F)c(F)c1F.